The largest absolute Gasteiger partial charge is 0.392 e. The molecule has 5 heteroatoms. The van der Waals surface area contributed by atoms with E-state index in [9.17, 15) is 5.11 Å². The number of aromatic nitrogens is 3. The molecule has 4 nitrogen and oxygen atoms in total. The molecule has 2 heterocycles. The molecule has 0 saturated carbocycles. The Balaban J connectivity index is 1.77. The quantitative estimate of drug-likeness (QED) is 0.933. The van der Waals surface area contributed by atoms with Crippen molar-refractivity contribution in [3.8, 4) is 0 Å². The normalized spacial score (nSPS) is 20.2. The Morgan fingerprint density at radius 1 is 1.58 bits per heavy atom. The van der Waals surface area contributed by atoms with Gasteiger partial charge in [-0.25, -0.2) is 4.98 Å². The minimum absolute atomic E-state index is 0.261. The van der Waals surface area contributed by atoms with Crippen LogP contribution in [0.25, 0.3) is 0 Å². The lowest BCUT2D eigenvalue weighted by Gasteiger charge is -2.27. The maximum absolute atomic E-state index is 10.6. The minimum atomic E-state index is -0.358. The van der Waals surface area contributed by atoms with Crippen LogP contribution in [-0.2, 0) is 19.4 Å². The molecule has 2 atom stereocenters. The first-order valence-corrected chi connectivity index (χ1v) is 7.78. The molecule has 1 aliphatic carbocycles. The predicted molar refractivity (Wildman–Crippen MR) is 75.4 cm³/mol. The minimum Gasteiger partial charge on any atom is -0.392 e. The molecule has 0 saturated heterocycles. The fraction of sp³-hybridized carbons (Fsp3) is 0.571. The Kier molecular flexibility index (Phi) is 3.66. The maximum Gasteiger partial charge on any atom is 0.138 e. The Labute approximate surface area is 117 Å². The summed E-state index contributed by atoms with van der Waals surface area (Å²) >= 11 is 1.82. The molecule has 0 aliphatic heterocycles. The first-order valence-electron chi connectivity index (χ1n) is 6.90. The average Bonchev–Trinajstić information content (AvgIpc) is 3.05. The molecule has 0 radical (unpaired) electrons. The van der Waals surface area contributed by atoms with Gasteiger partial charge in [0.2, 0.25) is 0 Å². The summed E-state index contributed by atoms with van der Waals surface area (Å²) in [7, 11) is 0. The van der Waals surface area contributed by atoms with E-state index in [4.69, 9.17) is 0 Å². The van der Waals surface area contributed by atoms with Crippen LogP contribution in [0.15, 0.2) is 17.8 Å². The third-order valence-corrected chi connectivity index (χ3v) is 4.95. The Morgan fingerprint density at radius 2 is 2.47 bits per heavy atom. The van der Waals surface area contributed by atoms with Gasteiger partial charge in [-0.3, -0.25) is 4.68 Å². The predicted octanol–water partition coefficient (Wildman–Crippen LogP) is 2.38. The van der Waals surface area contributed by atoms with E-state index in [0.717, 1.165) is 18.8 Å². The van der Waals surface area contributed by atoms with E-state index in [-0.39, 0.29) is 12.0 Å². The first kappa shape index (κ1) is 12.8. The molecule has 102 valence electrons. The molecule has 2 unspecified atom stereocenters. The van der Waals surface area contributed by atoms with Crippen molar-refractivity contribution < 1.29 is 5.11 Å². The zero-order valence-corrected chi connectivity index (χ0v) is 11.9. The number of hydrogen-bond donors (Lipinski definition) is 1. The van der Waals surface area contributed by atoms with E-state index in [1.165, 1.54) is 23.3 Å². The van der Waals surface area contributed by atoms with Crippen LogP contribution in [0.2, 0.25) is 0 Å². The van der Waals surface area contributed by atoms with Gasteiger partial charge in [0.25, 0.3) is 0 Å². The summed E-state index contributed by atoms with van der Waals surface area (Å²) in [5.74, 6) is 1.15. The maximum atomic E-state index is 10.6. The zero-order chi connectivity index (χ0) is 13.2. The van der Waals surface area contributed by atoms with Crippen molar-refractivity contribution in [2.75, 3.05) is 0 Å². The van der Waals surface area contributed by atoms with Crippen molar-refractivity contribution in [3.05, 3.63) is 34.0 Å². The van der Waals surface area contributed by atoms with Gasteiger partial charge in [0, 0.05) is 23.8 Å². The SMILES string of the molecule is CCn1ncnc1CC(O)C1CCCc2sccc21. The number of fused-ring (bicyclic) bond motifs is 1. The third kappa shape index (κ3) is 2.44. The van der Waals surface area contributed by atoms with E-state index >= 15 is 0 Å². The van der Waals surface area contributed by atoms with Gasteiger partial charge < -0.3 is 5.11 Å². The van der Waals surface area contributed by atoms with Crippen LogP contribution in [0.5, 0.6) is 0 Å². The second-order valence-electron chi connectivity index (χ2n) is 5.06. The van der Waals surface area contributed by atoms with Crippen molar-refractivity contribution in [1.82, 2.24) is 14.8 Å². The van der Waals surface area contributed by atoms with Crippen LogP contribution in [0.4, 0.5) is 0 Å². The van der Waals surface area contributed by atoms with Gasteiger partial charge in [-0.2, -0.15) is 5.10 Å². The van der Waals surface area contributed by atoms with Crippen LogP contribution < -0.4 is 0 Å². The van der Waals surface area contributed by atoms with Crippen molar-refractivity contribution >= 4 is 11.3 Å². The number of rotatable bonds is 4. The van der Waals surface area contributed by atoms with E-state index in [1.54, 1.807) is 6.33 Å². The lowest BCUT2D eigenvalue weighted by Crippen LogP contribution is -2.25. The summed E-state index contributed by atoms with van der Waals surface area (Å²) in [6, 6.07) is 2.18. The Hall–Kier alpha value is -1.20. The van der Waals surface area contributed by atoms with Gasteiger partial charge in [-0.05, 0) is 43.2 Å². The molecule has 3 rings (SSSR count). The number of aliphatic hydroxyl groups excluding tert-OH is 1. The molecule has 0 bridgehead atoms. The van der Waals surface area contributed by atoms with E-state index in [0.29, 0.717) is 6.42 Å². The molecule has 1 aliphatic rings. The summed E-state index contributed by atoms with van der Waals surface area (Å²) < 4.78 is 1.86. The molecule has 0 aromatic carbocycles. The highest BCUT2D eigenvalue weighted by molar-refractivity contribution is 7.10. The van der Waals surface area contributed by atoms with Gasteiger partial charge in [-0.1, -0.05) is 0 Å². The fourth-order valence-corrected chi connectivity index (χ4v) is 3.96. The number of nitrogens with zero attached hydrogens (tertiary/aromatic N) is 3. The van der Waals surface area contributed by atoms with Crippen molar-refractivity contribution in [2.24, 2.45) is 0 Å². The van der Waals surface area contributed by atoms with Gasteiger partial charge >= 0.3 is 0 Å². The average molecular weight is 277 g/mol. The third-order valence-electron chi connectivity index (χ3n) is 3.95. The molecular formula is C14H19N3OS. The van der Waals surface area contributed by atoms with Gasteiger partial charge in [0.1, 0.15) is 12.2 Å². The molecule has 0 spiro atoms. The van der Waals surface area contributed by atoms with Crippen LogP contribution in [-0.4, -0.2) is 26.0 Å². The first-order chi connectivity index (χ1) is 9.29. The van der Waals surface area contributed by atoms with E-state index < -0.39 is 0 Å². The van der Waals surface area contributed by atoms with E-state index in [2.05, 4.69) is 21.5 Å². The number of aliphatic hydroxyl groups is 1. The van der Waals surface area contributed by atoms with Gasteiger partial charge in [-0.15, -0.1) is 11.3 Å². The van der Waals surface area contributed by atoms with Gasteiger partial charge in [0.15, 0.2) is 0 Å². The highest BCUT2D eigenvalue weighted by atomic mass is 32.1. The van der Waals surface area contributed by atoms with Crippen LogP contribution in [0.1, 0.15) is 41.9 Å². The summed E-state index contributed by atoms with van der Waals surface area (Å²) in [6.07, 6.45) is 5.22. The number of thiophene rings is 1. The topological polar surface area (TPSA) is 50.9 Å². The Morgan fingerprint density at radius 3 is 3.32 bits per heavy atom. The zero-order valence-electron chi connectivity index (χ0n) is 11.1. The Bertz CT molecular complexity index is 548. The molecule has 19 heavy (non-hydrogen) atoms. The number of aryl methyl sites for hydroxylation is 2. The second kappa shape index (κ2) is 5.43. The fourth-order valence-electron chi connectivity index (χ4n) is 2.96. The molecular weight excluding hydrogens is 258 g/mol. The van der Waals surface area contributed by atoms with E-state index in [1.807, 2.05) is 22.9 Å². The van der Waals surface area contributed by atoms with Crippen LogP contribution in [0.3, 0.4) is 0 Å². The molecule has 2 aromatic rings. The molecule has 0 fully saturated rings. The summed E-state index contributed by atoms with van der Waals surface area (Å²) in [4.78, 5) is 5.71. The molecule has 2 aromatic heterocycles. The van der Waals surface area contributed by atoms with Crippen molar-refractivity contribution in [3.63, 3.8) is 0 Å². The second-order valence-corrected chi connectivity index (χ2v) is 6.06. The van der Waals surface area contributed by atoms with Crippen molar-refractivity contribution in [2.45, 2.75) is 51.2 Å². The summed E-state index contributed by atoms with van der Waals surface area (Å²) in [5.41, 5.74) is 1.35. The summed E-state index contributed by atoms with van der Waals surface area (Å²) in [5, 5.41) is 16.9. The van der Waals surface area contributed by atoms with Crippen LogP contribution in [0, 0.1) is 0 Å². The smallest absolute Gasteiger partial charge is 0.138 e. The number of hydrogen-bond acceptors (Lipinski definition) is 4. The highest BCUT2D eigenvalue weighted by Gasteiger charge is 2.28. The summed E-state index contributed by atoms with van der Waals surface area (Å²) in [6.45, 7) is 2.85. The van der Waals surface area contributed by atoms with Crippen molar-refractivity contribution in [1.29, 1.82) is 0 Å². The van der Waals surface area contributed by atoms with Gasteiger partial charge in [0.05, 0.1) is 6.10 Å². The lowest BCUT2D eigenvalue weighted by atomic mass is 9.83. The molecule has 1 N–H and O–H groups in total. The monoisotopic (exact) mass is 277 g/mol. The molecule has 0 amide bonds. The van der Waals surface area contributed by atoms with Crippen LogP contribution >= 0.6 is 11.3 Å². The highest BCUT2D eigenvalue weighted by Crippen LogP contribution is 2.37. The lowest BCUT2D eigenvalue weighted by molar-refractivity contribution is 0.131. The standard InChI is InChI=1S/C14H19N3OS/c1-2-17-14(15-9-16-17)8-12(18)10-4-3-5-13-11(10)6-7-19-13/h6-7,9-10,12,18H,2-5,8H2,1H3.